The van der Waals surface area contributed by atoms with Crippen LogP contribution in [0, 0.1) is 50.7 Å². The quantitative estimate of drug-likeness (QED) is 0.350. The van der Waals surface area contributed by atoms with Gasteiger partial charge in [-0.05, 0) is 139 Å². The van der Waals surface area contributed by atoms with Crippen LogP contribution in [0.4, 0.5) is 0 Å². The van der Waals surface area contributed by atoms with E-state index in [9.17, 15) is 15.0 Å². The van der Waals surface area contributed by atoms with Gasteiger partial charge in [0.2, 0.25) is 0 Å². The van der Waals surface area contributed by atoms with E-state index >= 15 is 0 Å². The highest BCUT2D eigenvalue weighted by atomic mass is 35.5. The van der Waals surface area contributed by atoms with Crippen LogP contribution in [0.25, 0.3) is 5.57 Å². The van der Waals surface area contributed by atoms with Crippen LogP contribution in [0.5, 0.6) is 0 Å². The molecule has 226 valence electrons. The Labute approximate surface area is 253 Å². The van der Waals surface area contributed by atoms with Gasteiger partial charge in [-0.15, -0.1) is 6.58 Å². The molecule has 0 aliphatic heterocycles. The van der Waals surface area contributed by atoms with Gasteiger partial charge in [0.1, 0.15) is 0 Å². The summed E-state index contributed by atoms with van der Waals surface area (Å²) in [6, 6.07) is 5.50. The molecule has 1 aromatic carbocycles. The molecule has 4 saturated carbocycles. The average Bonchev–Trinajstić information content (AvgIpc) is 3.34. The number of halogens is 1. The first-order chi connectivity index (χ1) is 19.3. The highest BCUT2D eigenvalue weighted by Gasteiger charge is 2.69. The Balaban J connectivity index is 0.00000108. The molecule has 0 spiro atoms. The van der Waals surface area contributed by atoms with Gasteiger partial charge in [-0.3, -0.25) is 0 Å². The monoisotopic (exact) mass is 580 g/mol. The van der Waals surface area contributed by atoms with E-state index in [0.29, 0.717) is 40.2 Å². The van der Waals surface area contributed by atoms with E-state index < -0.39 is 5.97 Å². The molecule has 4 fully saturated rings. The van der Waals surface area contributed by atoms with E-state index in [1.807, 2.05) is 19.1 Å². The first kappa shape index (κ1) is 30.9. The predicted octanol–water partition coefficient (Wildman–Crippen LogP) is 10.1. The van der Waals surface area contributed by atoms with Crippen LogP contribution in [0.1, 0.15) is 122 Å². The number of benzene rings is 1. The Bertz CT molecular complexity index is 1230. The number of rotatable bonds is 3. The normalized spacial score (nSPS) is 42.3. The maximum Gasteiger partial charge on any atom is 0.337 e. The van der Waals surface area contributed by atoms with Crippen LogP contribution in [-0.4, -0.2) is 22.8 Å². The third-order valence-electron chi connectivity index (χ3n) is 13.9. The molecule has 2 N–H and O–H groups in total. The van der Waals surface area contributed by atoms with Crippen molar-refractivity contribution in [3.63, 3.8) is 0 Å². The molecule has 8 atom stereocenters. The topological polar surface area (TPSA) is 57.5 Å². The van der Waals surface area contributed by atoms with Crippen molar-refractivity contribution in [1.82, 2.24) is 0 Å². The van der Waals surface area contributed by atoms with Crippen molar-refractivity contribution in [1.29, 1.82) is 0 Å². The molecule has 0 bridgehead atoms. The molecule has 3 nitrogen and oxygen atoms in total. The summed E-state index contributed by atoms with van der Waals surface area (Å²) in [5.41, 5.74) is 3.71. The number of hydrogen-bond donors (Lipinski definition) is 2. The Morgan fingerprint density at radius 2 is 1.68 bits per heavy atom. The molecular formula is C37H53ClO3. The lowest BCUT2D eigenvalue weighted by atomic mass is 9.33. The average molecular weight is 581 g/mol. The molecule has 0 heterocycles. The second-order valence-corrected chi connectivity index (χ2v) is 16.0. The first-order valence-electron chi connectivity index (χ1n) is 16.2. The maximum atomic E-state index is 11.5. The molecule has 7 unspecified atom stereocenters. The number of fused-ring (bicyclic) bond motifs is 7. The minimum atomic E-state index is -0.974. The minimum absolute atomic E-state index is 0.00971. The smallest absolute Gasteiger partial charge is 0.337 e. The second kappa shape index (κ2) is 10.5. The number of aromatic carboxylic acids is 1. The van der Waals surface area contributed by atoms with Crippen LogP contribution < -0.4 is 0 Å². The van der Waals surface area contributed by atoms with Crippen molar-refractivity contribution >= 4 is 23.1 Å². The van der Waals surface area contributed by atoms with Gasteiger partial charge >= 0.3 is 5.97 Å². The molecule has 0 saturated heterocycles. The number of carbonyl (C=O) groups is 1. The fourth-order valence-corrected chi connectivity index (χ4v) is 12.2. The zero-order valence-corrected chi connectivity index (χ0v) is 27.1. The van der Waals surface area contributed by atoms with Gasteiger partial charge in [0.25, 0.3) is 0 Å². The fraction of sp³-hybridized carbons (Fsp3) is 0.703. The molecule has 41 heavy (non-hydrogen) atoms. The van der Waals surface area contributed by atoms with Crippen LogP contribution >= 0.6 is 11.6 Å². The Kier molecular flexibility index (Phi) is 7.94. The Morgan fingerprint density at radius 3 is 2.32 bits per heavy atom. The van der Waals surface area contributed by atoms with Gasteiger partial charge in [-0.2, -0.15) is 0 Å². The molecule has 0 amide bonds. The van der Waals surface area contributed by atoms with Crippen molar-refractivity contribution in [3.8, 4) is 0 Å². The zero-order chi connectivity index (χ0) is 30.0. The third kappa shape index (κ3) is 4.34. The summed E-state index contributed by atoms with van der Waals surface area (Å²) in [5.74, 6) is 1.77. The van der Waals surface area contributed by atoms with Crippen LogP contribution in [0.15, 0.2) is 36.9 Å². The van der Waals surface area contributed by atoms with E-state index in [2.05, 4.69) is 47.3 Å². The highest BCUT2D eigenvalue weighted by molar-refractivity contribution is 6.33. The van der Waals surface area contributed by atoms with Crippen molar-refractivity contribution < 1.29 is 15.0 Å². The molecule has 5 aliphatic rings. The summed E-state index contributed by atoms with van der Waals surface area (Å²) in [7, 11) is 0. The fourth-order valence-electron chi connectivity index (χ4n) is 11.9. The van der Waals surface area contributed by atoms with E-state index in [1.54, 1.807) is 12.1 Å². The highest BCUT2D eigenvalue weighted by Crippen LogP contribution is 2.77. The standard InChI is InChI=1S/C34H47ClO3.C3H6/c1-30(2)23(21-8-9-22(29(37)38)26(35)19-21)12-15-31(3)27(30)13-16-33(5)28(31)11-10-24-25-7-6-14-34(25,20-36)18-17-32(24,33)4;1-3-2/h8-9,12,19,24-25,27-28,36H,6-7,10-11,13-18,20H2,1-5H3,(H,37,38);3H,1H2,2H3/t24?,25?,27?,28?,31?,32-,33?,34?;/m1./s1. The van der Waals surface area contributed by atoms with Crippen LogP contribution in [-0.2, 0) is 0 Å². The summed E-state index contributed by atoms with van der Waals surface area (Å²) >= 11 is 6.43. The molecule has 5 aliphatic carbocycles. The Hall–Kier alpha value is -1.58. The lowest BCUT2D eigenvalue weighted by Gasteiger charge is -2.72. The Morgan fingerprint density at radius 1 is 0.976 bits per heavy atom. The van der Waals surface area contributed by atoms with Crippen molar-refractivity contribution in [2.75, 3.05) is 6.61 Å². The molecule has 4 heteroatoms. The lowest BCUT2D eigenvalue weighted by Crippen LogP contribution is -2.65. The zero-order valence-electron chi connectivity index (χ0n) is 26.4. The number of allylic oxidation sites excluding steroid dienone is 3. The minimum Gasteiger partial charge on any atom is -0.478 e. The molecule has 6 rings (SSSR count). The summed E-state index contributed by atoms with van der Waals surface area (Å²) in [6.07, 6.45) is 16.9. The van der Waals surface area contributed by atoms with Crippen molar-refractivity contribution in [2.24, 2.45) is 50.7 Å². The molecular weight excluding hydrogens is 528 g/mol. The van der Waals surface area contributed by atoms with Gasteiger partial charge in [0.15, 0.2) is 0 Å². The second-order valence-electron chi connectivity index (χ2n) is 15.6. The summed E-state index contributed by atoms with van der Waals surface area (Å²) in [4.78, 5) is 11.5. The lowest BCUT2D eigenvalue weighted by molar-refractivity contribution is -0.225. The number of carboxylic acid groups (broad SMARTS) is 1. The largest absolute Gasteiger partial charge is 0.478 e. The first-order valence-corrected chi connectivity index (χ1v) is 16.6. The molecule has 0 radical (unpaired) electrons. The van der Waals surface area contributed by atoms with Gasteiger partial charge in [-0.1, -0.05) is 70.9 Å². The number of hydrogen-bond acceptors (Lipinski definition) is 2. The van der Waals surface area contributed by atoms with Gasteiger partial charge in [0.05, 0.1) is 10.6 Å². The third-order valence-corrected chi connectivity index (χ3v) is 14.3. The van der Waals surface area contributed by atoms with Crippen LogP contribution in [0.2, 0.25) is 5.02 Å². The predicted molar refractivity (Wildman–Crippen MR) is 170 cm³/mol. The number of aliphatic hydroxyl groups is 1. The van der Waals surface area contributed by atoms with Gasteiger partial charge < -0.3 is 10.2 Å². The van der Waals surface area contributed by atoms with E-state index in [1.165, 1.54) is 63.4 Å². The van der Waals surface area contributed by atoms with Gasteiger partial charge in [-0.25, -0.2) is 4.79 Å². The van der Waals surface area contributed by atoms with Crippen molar-refractivity contribution in [2.45, 2.75) is 106 Å². The van der Waals surface area contributed by atoms with Crippen LogP contribution in [0.3, 0.4) is 0 Å². The van der Waals surface area contributed by atoms with Gasteiger partial charge in [0, 0.05) is 6.61 Å². The summed E-state index contributed by atoms with van der Waals surface area (Å²) in [6.45, 7) is 18.4. The van der Waals surface area contributed by atoms with E-state index in [0.717, 1.165) is 17.9 Å². The van der Waals surface area contributed by atoms with Crippen molar-refractivity contribution in [3.05, 3.63) is 53.1 Å². The number of carboxylic acids is 1. The maximum absolute atomic E-state index is 11.5. The van der Waals surface area contributed by atoms with E-state index in [-0.39, 0.29) is 21.8 Å². The summed E-state index contributed by atoms with van der Waals surface area (Å²) < 4.78 is 0. The molecule has 0 aromatic heterocycles. The molecule has 1 aromatic rings. The van der Waals surface area contributed by atoms with E-state index in [4.69, 9.17) is 11.6 Å². The number of aliphatic hydroxyl groups excluding tert-OH is 1. The summed E-state index contributed by atoms with van der Waals surface area (Å²) in [5, 5.41) is 20.3. The SMILES string of the molecule is C=CC.CC1(C)C(c2ccc(C(=O)O)c(Cl)c2)=CCC2(C)C1CCC1(C)C2CCC2C3CCCC3(CO)CC[C@]21C.